The van der Waals surface area contributed by atoms with Crippen LogP contribution in [0.4, 0.5) is 0 Å². The van der Waals surface area contributed by atoms with Crippen LogP contribution < -0.4 is 5.32 Å². The van der Waals surface area contributed by atoms with Crippen molar-refractivity contribution in [2.24, 2.45) is 0 Å². The van der Waals surface area contributed by atoms with Gasteiger partial charge in [0.15, 0.2) is 0 Å². The molecule has 0 atom stereocenters. The molecule has 0 unspecified atom stereocenters. The average molecular weight is 284 g/mol. The fourth-order valence-corrected chi connectivity index (χ4v) is 2.23. The van der Waals surface area contributed by atoms with Crippen molar-refractivity contribution < 1.29 is 0 Å². The van der Waals surface area contributed by atoms with Crippen LogP contribution in [0.25, 0.3) is 0 Å². The summed E-state index contributed by atoms with van der Waals surface area (Å²) in [6, 6.07) is 5.54. The zero-order chi connectivity index (χ0) is 13.0. The monoisotopic (exact) mass is 283 g/mol. The maximum absolute atomic E-state index is 6.09. The summed E-state index contributed by atoms with van der Waals surface area (Å²) in [5.74, 6) is 0. The molecule has 0 spiro atoms. The fraction of sp³-hybridized carbons (Fsp3) is 0.308. The normalized spacial score (nSPS) is 10.8. The first-order chi connectivity index (χ1) is 8.66. The second-order valence-electron chi connectivity index (χ2n) is 4.16. The SMILES string of the molecule is Cc1cnn(CCNCc2c(Cl)cccc2Cl)c1. The van der Waals surface area contributed by atoms with Gasteiger partial charge in [0.2, 0.25) is 0 Å². The van der Waals surface area contributed by atoms with Crippen molar-refractivity contribution in [1.29, 1.82) is 0 Å². The predicted octanol–water partition coefficient (Wildman–Crippen LogP) is 3.29. The van der Waals surface area contributed by atoms with E-state index in [0.29, 0.717) is 16.6 Å². The molecule has 0 aliphatic heterocycles. The summed E-state index contributed by atoms with van der Waals surface area (Å²) < 4.78 is 1.91. The Balaban J connectivity index is 1.82. The van der Waals surface area contributed by atoms with Crippen molar-refractivity contribution in [2.45, 2.75) is 20.0 Å². The van der Waals surface area contributed by atoms with E-state index in [-0.39, 0.29) is 0 Å². The molecule has 18 heavy (non-hydrogen) atoms. The summed E-state index contributed by atoms with van der Waals surface area (Å²) in [5.41, 5.74) is 2.11. The lowest BCUT2D eigenvalue weighted by atomic mass is 10.2. The van der Waals surface area contributed by atoms with Gasteiger partial charge in [-0.05, 0) is 24.6 Å². The van der Waals surface area contributed by atoms with E-state index in [0.717, 1.165) is 18.7 Å². The Kier molecular flexibility index (Phi) is 4.64. The molecule has 0 aliphatic carbocycles. The van der Waals surface area contributed by atoms with Gasteiger partial charge in [-0.15, -0.1) is 0 Å². The van der Waals surface area contributed by atoms with E-state index in [1.54, 1.807) is 0 Å². The molecule has 3 nitrogen and oxygen atoms in total. The molecule has 1 heterocycles. The first kappa shape index (κ1) is 13.4. The molecular weight excluding hydrogens is 269 g/mol. The maximum atomic E-state index is 6.09. The molecule has 1 aromatic heterocycles. The second-order valence-corrected chi connectivity index (χ2v) is 4.97. The molecule has 1 N–H and O–H groups in total. The molecule has 2 aromatic rings. The first-order valence-electron chi connectivity index (χ1n) is 5.79. The van der Waals surface area contributed by atoms with Crippen LogP contribution in [-0.2, 0) is 13.1 Å². The van der Waals surface area contributed by atoms with Crippen molar-refractivity contribution in [2.75, 3.05) is 6.54 Å². The number of halogens is 2. The Morgan fingerprint density at radius 1 is 1.28 bits per heavy atom. The van der Waals surface area contributed by atoms with Gasteiger partial charge < -0.3 is 5.32 Å². The lowest BCUT2D eigenvalue weighted by Crippen LogP contribution is -2.20. The van der Waals surface area contributed by atoms with Crippen LogP contribution in [0.15, 0.2) is 30.6 Å². The predicted molar refractivity (Wildman–Crippen MR) is 75.1 cm³/mol. The van der Waals surface area contributed by atoms with Crippen molar-refractivity contribution in [1.82, 2.24) is 15.1 Å². The highest BCUT2D eigenvalue weighted by atomic mass is 35.5. The third kappa shape index (κ3) is 3.48. The van der Waals surface area contributed by atoms with Crippen LogP contribution in [0.5, 0.6) is 0 Å². The quantitative estimate of drug-likeness (QED) is 0.854. The molecule has 2 rings (SSSR count). The van der Waals surface area contributed by atoms with Gasteiger partial charge in [0, 0.05) is 34.9 Å². The number of hydrogen-bond donors (Lipinski definition) is 1. The van der Waals surface area contributed by atoms with E-state index in [1.165, 1.54) is 5.56 Å². The molecule has 5 heteroatoms. The summed E-state index contributed by atoms with van der Waals surface area (Å²) in [7, 11) is 0. The second kappa shape index (κ2) is 6.23. The number of aryl methyl sites for hydroxylation is 1. The summed E-state index contributed by atoms with van der Waals surface area (Å²) in [6.07, 6.45) is 3.87. The van der Waals surface area contributed by atoms with E-state index in [4.69, 9.17) is 23.2 Å². The molecule has 1 aromatic carbocycles. The zero-order valence-corrected chi connectivity index (χ0v) is 11.7. The van der Waals surface area contributed by atoms with Gasteiger partial charge in [-0.25, -0.2) is 0 Å². The van der Waals surface area contributed by atoms with Crippen LogP contribution >= 0.6 is 23.2 Å². The Labute approximate surface area is 117 Å². The molecule has 0 saturated carbocycles. The molecular formula is C13H15Cl2N3. The van der Waals surface area contributed by atoms with E-state index < -0.39 is 0 Å². The van der Waals surface area contributed by atoms with Crippen molar-refractivity contribution in [3.63, 3.8) is 0 Å². The highest BCUT2D eigenvalue weighted by molar-refractivity contribution is 6.35. The topological polar surface area (TPSA) is 29.9 Å². The van der Waals surface area contributed by atoms with Crippen molar-refractivity contribution in [3.05, 3.63) is 51.8 Å². The van der Waals surface area contributed by atoms with Crippen LogP contribution in [0.1, 0.15) is 11.1 Å². The third-order valence-electron chi connectivity index (χ3n) is 2.64. The van der Waals surface area contributed by atoms with Gasteiger partial charge >= 0.3 is 0 Å². The highest BCUT2D eigenvalue weighted by Crippen LogP contribution is 2.23. The fourth-order valence-electron chi connectivity index (χ4n) is 1.70. The molecule has 0 saturated heterocycles. The molecule has 0 radical (unpaired) electrons. The minimum Gasteiger partial charge on any atom is -0.311 e. The third-order valence-corrected chi connectivity index (χ3v) is 3.35. The Hall–Kier alpha value is -1.03. The Morgan fingerprint density at radius 2 is 2.00 bits per heavy atom. The summed E-state index contributed by atoms with van der Waals surface area (Å²) >= 11 is 12.2. The minimum absolute atomic E-state index is 0.665. The van der Waals surface area contributed by atoms with E-state index >= 15 is 0 Å². The average Bonchev–Trinajstić information content (AvgIpc) is 2.73. The van der Waals surface area contributed by atoms with Crippen LogP contribution in [0.3, 0.4) is 0 Å². The smallest absolute Gasteiger partial charge is 0.0534 e. The summed E-state index contributed by atoms with van der Waals surface area (Å²) in [6.45, 7) is 4.35. The van der Waals surface area contributed by atoms with Gasteiger partial charge in [-0.3, -0.25) is 4.68 Å². The van der Waals surface area contributed by atoms with Crippen molar-refractivity contribution >= 4 is 23.2 Å². The standard InChI is InChI=1S/C13H15Cl2N3/c1-10-7-17-18(9-10)6-5-16-8-11-12(14)3-2-4-13(11)15/h2-4,7,9,16H,5-6,8H2,1H3. The molecule has 0 fully saturated rings. The summed E-state index contributed by atoms with van der Waals surface area (Å²) in [4.78, 5) is 0. The number of rotatable bonds is 5. The highest BCUT2D eigenvalue weighted by Gasteiger charge is 2.04. The van der Waals surface area contributed by atoms with E-state index in [9.17, 15) is 0 Å². The first-order valence-corrected chi connectivity index (χ1v) is 6.55. The van der Waals surface area contributed by atoms with E-state index in [2.05, 4.69) is 10.4 Å². The zero-order valence-electron chi connectivity index (χ0n) is 10.2. The van der Waals surface area contributed by atoms with E-state index in [1.807, 2.05) is 42.2 Å². The molecule has 0 amide bonds. The lowest BCUT2D eigenvalue weighted by molar-refractivity contribution is 0.555. The van der Waals surface area contributed by atoms with Gasteiger partial charge in [0.25, 0.3) is 0 Å². The molecule has 0 aliphatic rings. The Morgan fingerprint density at radius 3 is 2.61 bits per heavy atom. The van der Waals surface area contributed by atoms with Gasteiger partial charge in [0.05, 0.1) is 12.7 Å². The number of hydrogen-bond acceptors (Lipinski definition) is 2. The minimum atomic E-state index is 0.665. The van der Waals surface area contributed by atoms with Crippen LogP contribution in [0.2, 0.25) is 10.0 Å². The maximum Gasteiger partial charge on any atom is 0.0534 e. The largest absolute Gasteiger partial charge is 0.311 e. The van der Waals surface area contributed by atoms with Gasteiger partial charge in [-0.1, -0.05) is 29.3 Å². The summed E-state index contributed by atoms with van der Waals surface area (Å²) in [5, 5.41) is 8.93. The van der Waals surface area contributed by atoms with Gasteiger partial charge in [0.1, 0.15) is 0 Å². The van der Waals surface area contributed by atoms with Crippen LogP contribution in [-0.4, -0.2) is 16.3 Å². The lowest BCUT2D eigenvalue weighted by Gasteiger charge is -2.08. The number of aromatic nitrogens is 2. The molecule has 0 bridgehead atoms. The van der Waals surface area contributed by atoms with Crippen LogP contribution in [0, 0.1) is 6.92 Å². The number of nitrogens with one attached hydrogen (secondary N) is 1. The van der Waals surface area contributed by atoms with Crippen molar-refractivity contribution in [3.8, 4) is 0 Å². The number of nitrogens with zero attached hydrogens (tertiary/aromatic N) is 2. The Bertz CT molecular complexity index is 502. The van der Waals surface area contributed by atoms with Gasteiger partial charge in [-0.2, -0.15) is 5.10 Å². The number of benzene rings is 1. The molecule has 96 valence electrons.